The number of halogens is 3. The number of hydrogen-bond acceptors (Lipinski definition) is 5. The van der Waals surface area contributed by atoms with E-state index in [1.165, 1.54) is 11.9 Å². The molecular formula is C16H14F3N3O4. The van der Waals surface area contributed by atoms with Crippen molar-refractivity contribution >= 4 is 11.9 Å². The molecule has 0 unspecified atom stereocenters. The number of rotatable bonds is 6. The third-order valence-corrected chi connectivity index (χ3v) is 3.20. The van der Waals surface area contributed by atoms with Crippen molar-refractivity contribution in [1.29, 1.82) is 0 Å². The zero-order valence-electron chi connectivity index (χ0n) is 13.5. The molecule has 10 heteroatoms. The van der Waals surface area contributed by atoms with Crippen LogP contribution >= 0.6 is 0 Å². The molecule has 1 aromatic carbocycles. The second-order valence-corrected chi connectivity index (χ2v) is 5.28. The Morgan fingerprint density at radius 3 is 2.23 bits per heavy atom. The lowest BCUT2D eigenvalue weighted by Gasteiger charge is -2.17. The number of ether oxygens (including phenoxy) is 1. The minimum atomic E-state index is -4.67. The molecule has 0 saturated heterocycles. The lowest BCUT2D eigenvalue weighted by molar-refractivity contribution is -0.145. The van der Waals surface area contributed by atoms with E-state index >= 15 is 0 Å². The Balaban J connectivity index is 1.99. The highest BCUT2D eigenvalue weighted by atomic mass is 19.4. The van der Waals surface area contributed by atoms with Crippen molar-refractivity contribution in [3.05, 3.63) is 53.6 Å². The van der Waals surface area contributed by atoms with Crippen molar-refractivity contribution in [3.8, 4) is 5.75 Å². The summed E-state index contributed by atoms with van der Waals surface area (Å²) in [7, 11) is 1.48. The first-order valence-electron chi connectivity index (χ1n) is 7.25. The normalized spacial score (nSPS) is 11.1. The van der Waals surface area contributed by atoms with Crippen LogP contribution < -0.4 is 4.74 Å². The molecule has 0 spiro atoms. The van der Waals surface area contributed by atoms with Crippen molar-refractivity contribution in [2.24, 2.45) is 0 Å². The molecule has 0 atom stereocenters. The van der Waals surface area contributed by atoms with Crippen molar-refractivity contribution in [2.45, 2.75) is 12.7 Å². The van der Waals surface area contributed by atoms with Crippen LogP contribution in [-0.4, -0.2) is 45.5 Å². The van der Waals surface area contributed by atoms with E-state index in [1.54, 1.807) is 24.3 Å². The van der Waals surface area contributed by atoms with Crippen LogP contribution in [0.1, 0.15) is 21.7 Å². The number of benzene rings is 1. The molecule has 0 saturated carbocycles. The maximum Gasteiger partial charge on any atom is 0.451 e. The monoisotopic (exact) mass is 369 g/mol. The van der Waals surface area contributed by atoms with E-state index in [4.69, 9.17) is 9.84 Å². The maximum absolute atomic E-state index is 12.4. The van der Waals surface area contributed by atoms with E-state index in [0.717, 1.165) is 18.0 Å². The molecule has 0 radical (unpaired) electrons. The van der Waals surface area contributed by atoms with Crippen LogP contribution in [0.5, 0.6) is 5.75 Å². The van der Waals surface area contributed by atoms with Gasteiger partial charge in [0.15, 0.2) is 6.61 Å². The summed E-state index contributed by atoms with van der Waals surface area (Å²) in [5.41, 5.74) is 0.651. The first kappa shape index (κ1) is 19.2. The Labute approximate surface area is 146 Å². The molecule has 0 aliphatic carbocycles. The van der Waals surface area contributed by atoms with Crippen LogP contribution in [0.25, 0.3) is 0 Å². The van der Waals surface area contributed by atoms with Crippen LogP contribution in [0.2, 0.25) is 0 Å². The lowest BCUT2D eigenvalue weighted by Crippen LogP contribution is -2.26. The molecule has 0 aliphatic rings. The van der Waals surface area contributed by atoms with Gasteiger partial charge in [0.05, 0.1) is 5.56 Å². The first-order valence-corrected chi connectivity index (χ1v) is 7.25. The van der Waals surface area contributed by atoms with Gasteiger partial charge in [-0.2, -0.15) is 13.2 Å². The van der Waals surface area contributed by atoms with Crippen molar-refractivity contribution in [1.82, 2.24) is 14.9 Å². The Kier molecular flexibility index (Phi) is 5.75. The summed E-state index contributed by atoms with van der Waals surface area (Å²) in [6.07, 6.45) is -3.01. The summed E-state index contributed by atoms with van der Waals surface area (Å²) in [6, 6.07) is 6.39. The number of nitrogens with zero attached hydrogens (tertiary/aromatic N) is 3. The number of carboxylic acids is 1. The van der Waals surface area contributed by atoms with Crippen LogP contribution in [0.4, 0.5) is 13.2 Å². The molecule has 1 amide bonds. The molecule has 7 nitrogen and oxygen atoms in total. The van der Waals surface area contributed by atoms with Gasteiger partial charge in [0, 0.05) is 26.0 Å². The van der Waals surface area contributed by atoms with Gasteiger partial charge in [0.25, 0.3) is 5.91 Å². The van der Waals surface area contributed by atoms with E-state index in [2.05, 4.69) is 9.97 Å². The predicted molar refractivity (Wildman–Crippen MR) is 82.4 cm³/mol. The Morgan fingerprint density at radius 2 is 1.73 bits per heavy atom. The fourth-order valence-corrected chi connectivity index (χ4v) is 1.99. The third-order valence-electron chi connectivity index (χ3n) is 3.20. The standard InChI is InChI=1S/C16H14F3N3O4/c1-22(8-10-2-4-12(5-3-10)26-9-13(23)24)14(25)11-6-20-15(21-7-11)16(17,18)19/h2-7H,8-9H2,1H3,(H,23,24). The molecular weight excluding hydrogens is 355 g/mol. The number of carboxylic acid groups (broad SMARTS) is 1. The summed E-state index contributed by atoms with van der Waals surface area (Å²) in [5.74, 6) is -2.59. The van der Waals surface area contributed by atoms with Gasteiger partial charge in [-0.05, 0) is 17.7 Å². The summed E-state index contributed by atoms with van der Waals surface area (Å²) in [5, 5.41) is 8.54. The minimum Gasteiger partial charge on any atom is -0.482 e. The van der Waals surface area contributed by atoms with Crippen LogP contribution in [-0.2, 0) is 17.5 Å². The molecule has 0 fully saturated rings. The van der Waals surface area contributed by atoms with Crippen molar-refractivity contribution < 1.29 is 32.6 Å². The van der Waals surface area contributed by atoms with E-state index in [1.807, 2.05) is 0 Å². The Morgan fingerprint density at radius 1 is 1.15 bits per heavy atom. The van der Waals surface area contributed by atoms with Gasteiger partial charge in [-0.1, -0.05) is 12.1 Å². The number of carbonyl (C=O) groups is 2. The summed E-state index contributed by atoms with van der Waals surface area (Å²) < 4.78 is 42.3. The van der Waals surface area contributed by atoms with Gasteiger partial charge >= 0.3 is 12.1 Å². The number of aliphatic carboxylic acids is 1. The molecule has 1 N–H and O–H groups in total. The van der Waals surface area contributed by atoms with E-state index < -0.39 is 30.5 Å². The number of hydrogen-bond donors (Lipinski definition) is 1. The van der Waals surface area contributed by atoms with Crippen LogP contribution in [0, 0.1) is 0 Å². The van der Waals surface area contributed by atoms with Crippen LogP contribution in [0.3, 0.4) is 0 Å². The van der Waals surface area contributed by atoms with Gasteiger partial charge < -0.3 is 14.7 Å². The zero-order chi connectivity index (χ0) is 19.3. The molecule has 2 rings (SSSR count). The van der Waals surface area contributed by atoms with Crippen molar-refractivity contribution in [3.63, 3.8) is 0 Å². The highest BCUT2D eigenvalue weighted by Crippen LogP contribution is 2.25. The second kappa shape index (κ2) is 7.81. The SMILES string of the molecule is CN(Cc1ccc(OCC(=O)O)cc1)C(=O)c1cnc(C(F)(F)F)nc1. The smallest absolute Gasteiger partial charge is 0.451 e. The van der Waals surface area contributed by atoms with Gasteiger partial charge in [-0.15, -0.1) is 0 Å². The average Bonchev–Trinajstić information content (AvgIpc) is 2.59. The van der Waals surface area contributed by atoms with Crippen LogP contribution in [0.15, 0.2) is 36.7 Å². The molecule has 138 valence electrons. The maximum atomic E-state index is 12.4. The van der Waals surface area contributed by atoms with E-state index in [0.29, 0.717) is 5.75 Å². The average molecular weight is 369 g/mol. The molecule has 0 bridgehead atoms. The van der Waals surface area contributed by atoms with Gasteiger partial charge in [0.2, 0.25) is 5.82 Å². The molecule has 1 heterocycles. The predicted octanol–water partition coefficient (Wildman–Crippen LogP) is 2.23. The fourth-order valence-electron chi connectivity index (χ4n) is 1.99. The van der Waals surface area contributed by atoms with E-state index in [9.17, 15) is 22.8 Å². The van der Waals surface area contributed by atoms with E-state index in [-0.39, 0.29) is 12.1 Å². The van der Waals surface area contributed by atoms with Gasteiger partial charge in [0.1, 0.15) is 5.75 Å². The number of carbonyl (C=O) groups excluding carboxylic acids is 1. The summed E-state index contributed by atoms with van der Waals surface area (Å²) in [4.78, 5) is 30.3. The zero-order valence-corrected chi connectivity index (χ0v) is 13.5. The minimum absolute atomic E-state index is 0.0677. The molecule has 2 aromatic rings. The molecule has 1 aromatic heterocycles. The topological polar surface area (TPSA) is 92.6 Å². The number of alkyl halides is 3. The molecule has 26 heavy (non-hydrogen) atoms. The largest absolute Gasteiger partial charge is 0.482 e. The fraction of sp³-hybridized carbons (Fsp3) is 0.250. The summed E-state index contributed by atoms with van der Waals surface area (Å²) in [6.45, 7) is -0.287. The quantitative estimate of drug-likeness (QED) is 0.839. The Bertz CT molecular complexity index is 777. The molecule has 0 aliphatic heterocycles. The lowest BCUT2D eigenvalue weighted by atomic mass is 10.2. The van der Waals surface area contributed by atoms with Gasteiger partial charge in [-0.25, -0.2) is 14.8 Å². The third kappa shape index (κ3) is 5.16. The second-order valence-electron chi connectivity index (χ2n) is 5.28. The Hall–Kier alpha value is -3.17. The number of amides is 1. The highest BCUT2D eigenvalue weighted by Gasteiger charge is 2.34. The number of aromatic nitrogens is 2. The van der Waals surface area contributed by atoms with Crippen molar-refractivity contribution in [2.75, 3.05) is 13.7 Å². The van der Waals surface area contributed by atoms with Gasteiger partial charge in [-0.3, -0.25) is 4.79 Å². The highest BCUT2D eigenvalue weighted by molar-refractivity contribution is 5.93. The first-order chi connectivity index (χ1) is 12.2. The summed E-state index contributed by atoms with van der Waals surface area (Å²) >= 11 is 0.